The number of thioether (sulfide) groups is 2. The highest BCUT2D eigenvalue weighted by Gasteiger charge is 2.54. The summed E-state index contributed by atoms with van der Waals surface area (Å²) in [6.07, 6.45) is 0. The van der Waals surface area contributed by atoms with Gasteiger partial charge in [-0.2, -0.15) is 0 Å². The molecule has 1 fully saturated rings. The van der Waals surface area contributed by atoms with Crippen molar-refractivity contribution in [2.45, 2.75) is 22.7 Å². The van der Waals surface area contributed by atoms with Gasteiger partial charge in [0.1, 0.15) is 27.9 Å². The van der Waals surface area contributed by atoms with E-state index in [9.17, 15) is 23.9 Å². The van der Waals surface area contributed by atoms with Gasteiger partial charge in [0.25, 0.3) is 11.8 Å². The smallest absolute Gasteiger partial charge is 0.352 e. The Morgan fingerprint density at radius 2 is 2.13 bits per heavy atom. The summed E-state index contributed by atoms with van der Waals surface area (Å²) < 4.78 is 14.6. The van der Waals surface area contributed by atoms with Crippen molar-refractivity contribution in [3.63, 3.8) is 0 Å². The molecule has 0 unspecified atom stereocenters. The first kappa shape index (κ1) is 20.8. The fraction of sp³-hybridized carbons (Fsp3) is 0.278. The number of nitrogens with one attached hydrogen (secondary N) is 1. The van der Waals surface area contributed by atoms with Crippen molar-refractivity contribution in [3.05, 3.63) is 51.9 Å². The van der Waals surface area contributed by atoms with E-state index in [1.165, 1.54) is 58.0 Å². The summed E-state index contributed by atoms with van der Waals surface area (Å²) in [5.74, 6) is -2.35. The summed E-state index contributed by atoms with van der Waals surface area (Å²) in [6, 6.07) is 4.57. The van der Waals surface area contributed by atoms with E-state index in [0.29, 0.717) is 17.1 Å². The van der Waals surface area contributed by atoms with Crippen molar-refractivity contribution in [1.29, 1.82) is 0 Å². The number of carbonyl (C=O) groups is 3. The van der Waals surface area contributed by atoms with E-state index in [2.05, 4.69) is 15.5 Å². The minimum absolute atomic E-state index is 0.0612. The molecule has 0 saturated carbocycles. The van der Waals surface area contributed by atoms with Crippen LogP contribution in [0, 0.1) is 12.7 Å². The third-order valence-electron chi connectivity index (χ3n) is 4.53. The number of benzene rings is 1. The van der Waals surface area contributed by atoms with Crippen LogP contribution >= 0.6 is 34.9 Å². The Morgan fingerprint density at radius 3 is 2.80 bits per heavy atom. The number of aliphatic carboxylic acids is 1. The first-order valence-corrected chi connectivity index (χ1v) is 11.6. The Balaban J connectivity index is 1.49. The van der Waals surface area contributed by atoms with Gasteiger partial charge in [0.05, 0.1) is 5.56 Å². The van der Waals surface area contributed by atoms with E-state index in [-0.39, 0.29) is 11.3 Å². The first-order chi connectivity index (χ1) is 14.4. The molecule has 2 amide bonds. The number of hydrogen-bond donors (Lipinski definition) is 2. The van der Waals surface area contributed by atoms with Crippen molar-refractivity contribution in [2.24, 2.45) is 0 Å². The van der Waals surface area contributed by atoms with Crippen LogP contribution in [0.5, 0.6) is 0 Å². The van der Waals surface area contributed by atoms with Crippen LogP contribution in [0.25, 0.3) is 0 Å². The van der Waals surface area contributed by atoms with Gasteiger partial charge in [0.2, 0.25) is 0 Å². The summed E-state index contributed by atoms with van der Waals surface area (Å²) in [4.78, 5) is 38.1. The maximum Gasteiger partial charge on any atom is 0.352 e. The number of hydrogen-bond acceptors (Lipinski definition) is 8. The lowest BCUT2D eigenvalue weighted by atomic mass is 10.0. The maximum atomic E-state index is 13.8. The molecule has 2 aromatic rings. The molecule has 0 spiro atoms. The maximum absolute atomic E-state index is 13.8. The number of carboxylic acid groups (broad SMARTS) is 1. The van der Waals surface area contributed by atoms with Crippen LogP contribution in [-0.4, -0.2) is 60.9 Å². The average Bonchev–Trinajstić information content (AvgIpc) is 3.14. The van der Waals surface area contributed by atoms with Crippen molar-refractivity contribution in [2.75, 3.05) is 11.5 Å². The summed E-state index contributed by atoms with van der Waals surface area (Å²) in [7, 11) is 0. The summed E-state index contributed by atoms with van der Waals surface area (Å²) in [5.41, 5.74) is 0.380. The van der Waals surface area contributed by atoms with E-state index in [1.54, 1.807) is 0 Å². The Bertz CT molecular complexity index is 1070. The average molecular weight is 467 g/mol. The molecule has 2 aliphatic rings. The first-order valence-electron chi connectivity index (χ1n) is 8.75. The van der Waals surface area contributed by atoms with Crippen LogP contribution in [0.4, 0.5) is 4.39 Å². The van der Waals surface area contributed by atoms with Crippen molar-refractivity contribution in [3.8, 4) is 0 Å². The van der Waals surface area contributed by atoms with E-state index >= 15 is 0 Å². The molecule has 2 atom stereocenters. The molecule has 2 N–H and O–H groups in total. The molecule has 4 rings (SSSR count). The minimum Gasteiger partial charge on any atom is -0.477 e. The zero-order valence-corrected chi connectivity index (χ0v) is 17.9. The largest absolute Gasteiger partial charge is 0.477 e. The highest BCUT2D eigenvalue weighted by atomic mass is 32.2. The lowest BCUT2D eigenvalue weighted by Gasteiger charge is -2.49. The number of rotatable bonds is 6. The number of aromatic nitrogens is 2. The number of carbonyl (C=O) groups excluding carboxylic acids is 2. The van der Waals surface area contributed by atoms with Crippen LogP contribution < -0.4 is 5.32 Å². The number of aryl methyl sites for hydroxylation is 1. The van der Waals surface area contributed by atoms with Gasteiger partial charge in [-0.15, -0.1) is 22.0 Å². The minimum atomic E-state index is -1.20. The molecule has 156 valence electrons. The van der Waals surface area contributed by atoms with Crippen LogP contribution in [0.15, 0.2) is 39.9 Å². The molecular weight excluding hydrogens is 451 g/mol. The molecule has 1 aromatic heterocycles. The van der Waals surface area contributed by atoms with Gasteiger partial charge in [-0.25, -0.2) is 9.18 Å². The Labute approximate surface area is 182 Å². The molecule has 30 heavy (non-hydrogen) atoms. The molecule has 0 aliphatic carbocycles. The zero-order chi connectivity index (χ0) is 21.4. The van der Waals surface area contributed by atoms with E-state index in [4.69, 9.17) is 0 Å². The molecule has 0 radical (unpaired) electrons. The van der Waals surface area contributed by atoms with Crippen molar-refractivity contribution >= 4 is 52.6 Å². The normalized spacial score (nSPS) is 20.6. The lowest BCUT2D eigenvalue weighted by molar-refractivity contribution is -0.148. The Kier molecular flexibility index (Phi) is 5.80. The topological polar surface area (TPSA) is 112 Å². The predicted octanol–water partition coefficient (Wildman–Crippen LogP) is 2.13. The highest BCUT2D eigenvalue weighted by molar-refractivity contribution is 8.01. The van der Waals surface area contributed by atoms with Gasteiger partial charge in [-0.1, -0.05) is 35.2 Å². The van der Waals surface area contributed by atoms with Gasteiger partial charge < -0.3 is 10.4 Å². The third-order valence-corrected chi connectivity index (χ3v) is 7.93. The number of nitrogens with zero attached hydrogens (tertiary/aromatic N) is 3. The molecule has 3 heterocycles. The third kappa shape index (κ3) is 3.82. The number of amides is 2. The molecule has 1 aromatic carbocycles. The van der Waals surface area contributed by atoms with Gasteiger partial charge in [-0.3, -0.25) is 14.5 Å². The molecular formula is C18H15FN4O4S3. The molecule has 12 heteroatoms. The van der Waals surface area contributed by atoms with Gasteiger partial charge in [-0.05, 0) is 24.6 Å². The number of halogens is 1. The van der Waals surface area contributed by atoms with E-state index in [0.717, 1.165) is 15.4 Å². The molecule has 0 bridgehead atoms. The van der Waals surface area contributed by atoms with Crippen LogP contribution in [0.2, 0.25) is 0 Å². The number of fused-ring (bicyclic) bond motifs is 1. The van der Waals surface area contributed by atoms with Crippen LogP contribution in [-0.2, 0) is 9.59 Å². The second kappa shape index (κ2) is 8.36. The molecule has 8 nitrogen and oxygen atoms in total. The van der Waals surface area contributed by atoms with E-state index < -0.39 is 35.0 Å². The summed E-state index contributed by atoms with van der Waals surface area (Å²) >= 11 is 4.15. The summed E-state index contributed by atoms with van der Waals surface area (Å²) in [6.45, 7) is 1.83. The van der Waals surface area contributed by atoms with Crippen molar-refractivity contribution < 1.29 is 23.9 Å². The second-order valence-corrected chi connectivity index (χ2v) is 9.98. The highest BCUT2D eigenvalue weighted by Crippen LogP contribution is 2.41. The number of carboxylic acids is 1. The Hall–Kier alpha value is -2.44. The summed E-state index contributed by atoms with van der Waals surface area (Å²) in [5, 5.41) is 20.4. The fourth-order valence-corrected chi connectivity index (χ4v) is 6.44. The van der Waals surface area contributed by atoms with Crippen LogP contribution in [0.3, 0.4) is 0 Å². The van der Waals surface area contributed by atoms with Gasteiger partial charge in [0, 0.05) is 11.5 Å². The van der Waals surface area contributed by atoms with Gasteiger partial charge >= 0.3 is 5.97 Å². The fourth-order valence-electron chi connectivity index (χ4n) is 3.14. The quantitative estimate of drug-likeness (QED) is 0.492. The zero-order valence-electron chi connectivity index (χ0n) is 15.5. The second-order valence-electron chi connectivity index (χ2n) is 6.47. The predicted molar refractivity (Wildman–Crippen MR) is 111 cm³/mol. The van der Waals surface area contributed by atoms with Crippen molar-refractivity contribution in [1.82, 2.24) is 20.4 Å². The van der Waals surface area contributed by atoms with E-state index in [1.807, 2.05) is 6.92 Å². The number of β-lactam (4-membered cyclic amide) rings is 1. The van der Waals surface area contributed by atoms with Crippen LogP contribution in [0.1, 0.15) is 15.4 Å². The Morgan fingerprint density at radius 1 is 1.37 bits per heavy atom. The molecule has 2 aliphatic heterocycles. The molecule has 1 saturated heterocycles. The SMILES string of the molecule is Cc1nnc(SCC2=C(C(=O)O)N3C(=O)[C@H](NC(=O)c4ccccc4F)[C@H]3SC2)s1. The lowest BCUT2D eigenvalue weighted by Crippen LogP contribution is -2.70. The van der Waals surface area contributed by atoms with Gasteiger partial charge in [0.15, 0.2) is 4.34 Å². The standard InChI is InChI=1S/C18H15FN4O4S3/c1-8-21-22-18(30-8)29-7-9-6-28-16-12(15(25)23(16)13(9)17(26)27)20-14(24)10-4-2-3-5-11(10)19/h2-5,12,16H,6-7H2,1H3,(H,20,24)(H,26,27)/t12-,16+/m0/s1. The monoisotopic (exact) mass is 466 g/mol.